The minimum Gasteiger partial charge on any atom is -0.392 e. The summed E-state index contributed by atoms with van der Waals surface area (Å²) in [5.41, 5.74) is 1.31. The molecule has 1 heterocycles. The van der Waals surface area contributed by atoms with Crippen LogP contribution in [-0.2, 0) is 0 Å². The number of rotatable bonds is 4. The van der Waals surface area contributed by atoms with Gasteiger partial charge in [-0.05, 0) is 25.5 Å². The second-order valence-corrected chi connectivity index (χ2v) is 4.48. The van der Waals surface area contributed by atoms with Crippen molar-refractivity contribution in [1.82, 2.24) is 10.6 Å². The van der Waals surface area contributed by atoms with E-state index in [4.69, 9.17) is 0 Å². The van der Waals surface area contributed by atoms with Crippen LogP contribution in [0.1, 0.15) is 24.4 Å². The van der Waals surface area contributed by atoms with E-state index in [1.165, 1.54) is 5.56 Å². The molecule has 3 unspecified atom stereocenters. The standard InChI is InChI=1S/C13H20N2O/c1-14-13(10-5-3-2-4-6-10)8-11-7-12(16)9-15-11/h2-6,11-16H,7-9H2,1H3. The van der Waals surface area contributed by atoms with E-state index in [1.54, 1.807) is 0 Å². The maximum absolute atomic E-state index is 9.47. The average Bonchev–Trinajstić information content (AvgIpc) is 2.73. The van der Waals surface area contributed by atoms with E-state index >= 15 is 0 Å². The molecule has 2 rings (SSSR count). The zero-order valence-corrected chi connectivity index (χ0v) is 9.69. The van der Waals surface area contributed by atoms with Crippen LogP contribution in [0.3, 0.4) is 0 Å². The van der Waals surface area contributed by atoms with Gasteiger partial charge in [0, 0.05) is 18.6 Å². The molecule has 1 aromatic rings. The first-order valence-corrected chi connectivity index (χ1v) is 5.93. The summed E-state index contributed by atoms with van der Waals surface area (Å²) in [6, 6.07) is 11.2. The van der Waals surface area contributed by atoms with Crippen LogP contribution >= 0.6 is 0 Å². The molecule has 0 aromatic heterocycles. The Morgan fingerprint density at radius 3 is 2.75 bits per heavy atom. The molecule has 0 spiro atoms. The monoisotopic (exact) mass is 220 g/mol. The molecule has 0 saturated carbocycles. The third-order valence-corrected chi connectivity index (χ3v) is 3.27. The van der Waals surface area contributed by atoms with Crippen LogP contribution in [0.2, 0.25) is 0 Å². The summed E-state index contributed by atoms with van der Waals surface area (Å²) in [5.74, 6) is 0. The van der Waals surface area contributed by atoms with Crippen LogP contribution in [-0.4, -0.2) is 30.8 Å². The summed E-state index contributed by atoms with van der Waals surface area (Å²) in [4.78, 5) is 0. The quantitative estimate of drug-likeness (QED) is 0.711. The molecule has 1 aliphatic rings. The zero-order chi connectivity index (χ0) is 11.4. The number of benzene rings is 1. The molecule has 1 fully saturated rings. The Bertz CT molecular complexity index is 315. The van der Waals surface area contributed by atoms with Gasteiger partial charge in [-0.25, -0.2) is 0 Å². The van der Waals surface area contributed by atoms with Crippen molar-refractivity contribution in [2.75, 3.05) is 13.6 Å². The summed E-state index contributed by atoms with van der Waals surface area (Å²) < 4.78 is 0. The van der Waals surface area contributed by atoms with Gasteiger partial charge in [-0.15, -0.1) is 0 Å². The second-order valence-electron chi connectivity index (χ2n) is 4.48. The number of aliphatic hydroxyl groups is 1. The minimum atomic E-state index is -0.168. The van der Waals surface area contributed by atoms with Gasteiger partial charge in [0.1, 0.15) is 0 Å². The predicted molar refractivity (Wildman–Crippen MR) is 65.3 cm³/mol. The number of nitrogens with one attached hydrogen (secondary N) is 2. The van der Waals surface area contributed by atoms with Gasteiger partial charge in [-0.1, -0.05) is 30.3 Å². The van der Waals surface area contributed by atoms with E-state index in [0.29, 0.717) is 12.1 Å². The lowest BCUT2D eigenvalue weighted by Gasteiger charge is -2.20. The van der Waals surface area contributed by atoms with E-state index in [-0.39, 0.29) is 6.10 Å². The fraction of sp³-hybridized carbons (Fsp3) is 0.538. The molecule has 1 aliphatic heterocycles. The van der Waals surface area contributed by atoms with Crippen molar-refractivity contribution in [3.05, 3.63) is 35.9 Å². The van der Waals surface area contributed by atoms with Gasteiger partial charge >= 0.3 is 0 Å². The lowest BCUT2D eigenvalue weighted by molar-refractivity contribution is 0.192. The predicted octanol–water partition coefficient (Wildman–Crippen LogP) is 1.06. The van der Waals surface area contributed by atoms with Crippen LogP contribution < -0.4 is 10.6 Å². The Balaban J connectivity index is 1.96. The summed E-state index contributed by atoms with van der Waals surface area (Å²) in [5, 5.41) is 16.2. The topological polar surface area (TPSA) is 44.3 Å². The van der Waals surface area contributed by atoms with E-state index in [1.807, 2.05) is 13.1 Å². The Kier molecular flexibility index (Phi) is 3.93. The molecule has 0 aliphatic carbocycles. The smallest absolute Gasteiger partial charge is 0.0679 e. The zero-order valence-electron chi connectivity index (χ0n) is 9.69. The van der Waals surface area contributed by atoms with Crippen LogP contribution in [0.25, 0.3) is 0 Å². The van der Waals surface area contributed by atoms with E-state index in [2.05, 4.69) is 34.9 Å². The fourth-order valence-corrected chi connectivity index (χ4v) is 2.37. The SMILES string of the molecule is CNC(CC1CC(O)CN1)c1ccccc1. The van der Waals surface area contributed by atoms with Crippen LogP contribution in [0.15, 0.2) is 30.3 Å². The molecule has 0 bridgehead atoms. The molecule has 0 radical (unpaired) electrons. The maximum Gasteiger partial charge on any atom is 0.0679 e. The van der Waals surface area contributed by atoms with Gasteiger partial charge in [0.15, 0.2) is 0 Å². The van der Waals surface area contributed by atoms with Gasteiger partial charge < -0.3 is 15.7 Å². The van der Waals surface area contributed by atoms with E-state index in [9.17, 15) is 5.11 Å². The summed E-state index contributed by atoms with van der Waals surface area (Å²) in [7, 11) is 1.99. The Morgan fingerprint density at radius 2 is 2.19 bits per heavy atom. The highest BCUT2D eigenvalue weighted by Gasteiger charge is 2.24. The summed E-state index contributed by atoms with van der Waals surface area (Å²) in [6.45, 7) is 0.732. The largest absolute Gasteiger partial charge is 0.392 e. The van der Waals surface area contributed by atoms with Gasteiger partial charge in [0.05, 0.1) is 6.10 Å². The molecule has 1 saturated heterocycles. The van der Waals surface area contributed by atoms with Crippen LogP contribution in [0, 0.1) is 0 Å². The first kappa shape index (κ1) is 11.6. The maximum atomic E-state index is 9.47. The fourth-order valence-electron chi connectivity index (χ4n) is 2.37. The second kappa shape index (κ2) is 5.43. The van der Waals surface area contributed by atoms with Gasteiger partial charge in [0.25, 0.3) is 0 Å². The van der Waals surface area contributed by atoms with Crippen molar-refractivity contribution >= 4 is 0 Å². The molecule has 3 atom stereocenters. The molecule has 3 N–H and O–H groups in total. The molecule has 3 nitrogen and oxygen atoms in total. The van der Waals surface area contributed by atoms with Crippen molar-refractivity contribution in [3.63, 3.8) is 0 Å². The third-order valence-electron chi connectivity index (χ3n) is 3.27. The highest BCUT2D eigenvalue weighted by Crippen LogP contribution is 2.21. The van der Waals surface area contributed by atoms with Gasteiger partial charge in [-0.3, -0.25) is 0 Å². The Labute approximate surface area is 96.9 Å². The Morgan fingerprint density at radius 1 is 1.44 bits per heavy atom. The highest BCUT2D eigenvalue weighted by atomic mass is 16.3. The molecule has 16 heavy (non-hydrogen) atoms. The Hall–Kier alpha value is -0.900. The first-order valence-electron chi connectivity index (χ1n) is 5.93. The molecule has 0 amide bonds. The normalized spacial score (nSPS) is 26.9. The number of hydrogen-bond acceptors (Lipinski definition) is 3. The van der Waals surface area contributed by atoms with E-state index < -0.39 is 0 Å². The molecular formula is C13H20N2O. The first-order chi connectivity index (χ1) is 7.79. The minimum absolute atomic E-state index is 0.168. The highest BCUT2D eigenvalue weighted by molar-refractivity contribution is 5.19. The van der Waals surface area contributed by atoms with Crippen molar-refractivity contribution in [1.29, 1.82) is 0 Å². The molecular weight excluding hydrogens is 200 g/mol. The molecule has 88 valence electrons. The lowest BCUT2D eigenvalue weighted by atomic mass is 9.98. The summed E-state index contributed by atoms with van der Waals surface area (Å²) >= 11 is 0. The number of aliphatic hydroxyl groups excluding tert-OH is 1. The van der Waals surface area contributed by atoms with Crippen molar-refractivity contribution < 1.29 is 5.11 Å². The van der Waals surface area contributed by atoms with E-state index in [0.717, 1.165) is 19.4 Å². The van der Waals surface area contributed by atoms with Crippen LogP contribution in [0.4, 0.5) is 0 Å². The lowest BCUT2D eigenvalue weighted by Crippen LogP contribution is -2.28. The van der Waals surface area contributed by atoms with Gasteiger partial charge in [-0.2, -0.15) is 0 Å². The van der Waals surface area contributed by atoms with Crippen molar-refractivity contribution in [2.24, 2.45) is 0 Å². The third kappa shape index (κ3) is 2.82. The van der Waals surface area contributed by atoms with Crippen LogP contribution in [0.5, 0.6) is 0 Å². The van der Waals surface area contributed by atoms with Crippen molar-refractivity contribution in [2.45, 2.75) is 31.0 Å². The number of hydrogen-bond donors (Lipinski definition) is 3. The van der Waals surface area contributed by atoms with Crippen molar-refractivity contribution in [3.8, 4) is 0 Å². The van der Waals surface area contributed by atoms with Gasteiger partial charge in [0.2, 0.25) is 0 Å². The average molecular weight is 220 g/mol. The number of β-amino-alcohol motifs (C(OH)–C–C–N with tert-alkyl or cyclic N) is 1. The molecule has 3 heteroatoms. The summed E-state index contributed by atoms with van der Waals surface area (Å²) in [6.07, 6.45) is 1.72. The molecule has 1 aromatic carbocycles.